The third kappa shape index (κ3) is 16.3. The summed E-state index contributed by atoms with van der Waals surface area (Å²) in [5.74, 6) is 0. The molecule has 0 unspecified atom stereocenters. The number of benzene rings is 8. The van der Waals surface area contributed by atoms with E-state index in [1.807, 2.05) is 0 Å². The largest absolute Gasteiger partial charge is 2.00 e. The molecule has 0 atom stereocenters. The molecule has 0 aromatic heterocycles. The Labute approximate surface area is 450 Å². The van der Waals surface area contributed by atoms with Crippen molar-refractivity contribution in [1.82, 2.24) is 0 Å². The quantitative estimate of drug-likeness (QED) is 0.0503. The van der Waals surface area contributed by atoms with Crippen LogP contribution in [0.1, 0.15) is 51.4 Å². The van der Waals surface area contributed by atoms with Crippen molar-refractivity contribution in [2.45, 2.75) is 73.3 Å². The molecular formula is C56H53F6NO7P2PdS2. The van der Waals surface area contributed by atoms with Crippen LogP contribution in [0.2, 0.25) is 0 Å². The number of rotatable bonds is 7. The number of halogens is 6. The Morgan fingerprint density at radius 2 is 0.627 bits per heavy atom. The maximum atomic E-state index is 10.7. The van der Waals surface area contributed by atoms with E-state index in [2.05, 4.69) is 201 Å². The maximum absolute atomic E-state index is 10.7. The predicted molar refractivity (Wildman–Crippen MR) is 289 cm³/mol. The molecule has 0 bridgehead atoms. The summed E-state index contributed by atoms with van der Waals surface area (Å²) in [5.41, 5.74) is 1.91. The molecule has 0 aliphatic heterocycles. The Morgan fingerprint density at radius 3 is 0.827 bits per heavy atom. The van der Waals surface area contributed by atoms with Crippen LogP contribution in [-0.2, 0) is 40.7 Å². The molecule has 8 rings (SSSR count). The first-order valence-corrected chi connectivity index (χ1v) is 27.8. The number of alkyl halides is 6. The van der Waals surface area contributed by atoms with Crippen LogP contribution in [0.25, 0.3) is 32.7 Å². The normalized spacial score (nSPS) is 11.5. The van der Waals surface area contributed by atoms with Crippen molar-refractivity contribution in [3.05, 3.63) is 190 Å². The number of hydrogen-bond acceptors (Lipinski definition) is 7. The first kappa shape index (κ1) is 63.9. The summed E-state index contributed by atoms with van der Waals surface area (Å²) in [4.78, 5) is 0. The first-order chi connectivity index (χ1) is 33.9. The molecule has 0 fully saturated rings. The van der Waals surface area contributed by atoms with Gasteiger partial charge in [-0.15, -0.1) is 0 Å². The van der Waals surface area contributed by atoms with Crippen molar-refractivity contribution in [3.8, 4) is 17.2 Å². The molecule has 0 saturated heterocycles. The van der Waals surface area contributed by atoms with E-state index in [1.165, 1.54) is 116 Å². The van der Waals surface area contributed by atoms with Crippen molar-refractivity contribution < 1.29 is 78.2 Å². The van der Waals surface area contributed by atoms with Gasteiger partial charge in [-0.05, 0) is 136 Å². The van der Waals surface area contributed by atoms with E-state index in [4.69, 9.17) is 31.2 Å². The van der Waals surface area contributed by atoms with E-state index in [1.54, 1.807) is 6.07 Å². The minimum absolute atomic E-state index is 0. The monoisotopic (exact) mass is 1200 g/mol. The van der Waals surface area contributed by atoms with Gasteiger partial charge in [0.15, 0.2) is 20.2 Å². The molecule has 0 aliphatic carbocycles. The second-order valence-corrected chi connectivity index (χ2v) is 24.6. The Balaban J connectivity index is 0.000000605. The molecule has 8 nitrogen and oxygen atoms in total. The zero-order valence-electron chi connectivity index (χ0n) is 42.0. The summed E-state index contributed by atoms with van der Waals surface area (Å²) in [6, 6.07) is 58.4. The van der Waals surface area contributed by atoms with Gasteiger partial charge in [0.05, 0.1) is 6.07 Å². The fourth-order valence-corrected chi connectivity index (χ4v) is 14.3. The molecule has 398 valence electrons. The first-order valence-electron chi connectivity index (χ1n) is 22.3. The van der Waals surface area contributed by atoms with Crippen molar-refractivity contribution in [1.29, 1.82) is 5.26 Å². The molecule has 0 radical (unpaired) electrons. The van der Waals surface area contributed by atoms with E-state index < -0.39 is 47.1 Å². The van der Waals surface area contributed by atoms with Gasteiger partial charge in [-0.3, -0.25) is 0 Å². The molecule has 0 aliphatic rings. The number of fused-ring (bicyclic) bond motifs is 2. The molecule has 8 aromatic rings. The third-order valence-electron chi connectivity index (χ3n) is 11.0. The van der Waals surface area contributed by atoms with Crippen LogP contribution in [-0.4, -0.2) is 42.4 Å². The van der Waals surface area contributed by atoms with Gasteiger partial charge in [-0.2, -0.15) is 31.6 Å². The molecule has 0 heterocycles. The molecule has 19 heteroatoms. The van der Waals surface area contributed by atoms with Gasteiger partial charge in [0.1, 0.15) is 0 Å². The molecular weight excluding hydrogens is 1150 g/mol. The van der Waals surface area contributed by atoms with Crippen LogP contribution in [0.3, 0.4) is 0 Å². The summed E-state index contributed by atoms with van der Waals surface area (Å²) < 4.78 is 118. The van der Waals surface area contributed by atoms with Gasteiger partial charge in [0.2, 0.25) is 0 Å². The third-order valence-corrected chi connectivity index (χ3v) is 16.9. The van der Waals surface area contributed by atoms with Gasteiger partial charge >= 0.3 is 31.4 Å². The van der Waals surface area contributed by atoms with Gasteiger partial charge in [-0.25, -0.2) is 16.8 Å². The Morgan fingerprint density at radius 1 is 0.427 bits per heavy atom. The summed E-state index contributed by atoms with van der Waals surface area (Å²) >= 11 is 0. The van der Waals surface area contributed by atoms with Gasteiger partial charge in [-0.1, -0.05) is 190 Å². The van der Waals surface area contributed by atoms with E-state index in [9.17, 15) is 26.3 Å². The fourth-order valence-electron chi connectivity index (χ4n) is 8.59. The number of nitrogens with zero attached hydrogens (tertiary/aromatic N) is 1. The molecule has 8 aromatic carbocycles. The predicted octanol–water partition coefficient (Wildman–Crippen LogP) is 11.4. The van der Waals surface area contributed by atoms with Crippen molar-refractivity contribution >= 4 is 89.5 Å². The Kier molecular flexibility index (Phi) is 22.3. The van der Waals surface area contributed by atoms with E-state index in [-0.39, 0.29) is 25.9 Å². The van der Waals surface area contributed by atoms with Crippen LogP contribution >= 0.6 is 15.8 Å². The van der Waals surface area contributed by atoms with Crippen LogP contribution in [0.15, 0.2) is 146 Å². The summed E-state index contributed by atoms with van der Waals surface area (Å²) in [6.45, 7) is 19.4. The molecule has 0 spiro atoms. The molecule has 0 amide bonds. The van der Waals surface area contributed by atoms with Crippen LogP contribution in [0.4, 0.5) is 26.3 Å². The van der Waals surface area contributed by atoms with Gasteiger partial charge in [0, 0.05) is 6.92 Å². The van der Waals surface area contributed by atoms with Crippen LogP contribution in [0.5, 0.6) is 0 Å². The zero-order chi connectivity index (χ0) is 54.4. The summed E-state index contributed by atoms with van der Waals surface area (Å²) in [6.07, 6.45) is 0. The summed E-state index contributed by atoms with van der Waals surface area (Å²) in [7, 11) is -14.1. The van der Waals surface area contributed by atoms with Crippen LogP contribution in [0, 0.1) is 66.7 Å². The standard InChI is InChI=1S/C52H48P2.C2H3N.2CHF3O3S.H2O.Pd/c1-33-21-34(2)26-43(25-33)53(44-27-35(3)22-36(4)28-44)49-19-17-41-13-9-11-15-47(41)51(49)52-48-16-12-10-14-42(48)18-20-50(52)54(45-29-37(5)23-38(6)30-45)46-31-39(7)24-40(8)32-46;1-2-3;2*2-1(3,4)8(5,6)7;;/h9-32H,1-8H3;1H3;2*(H,5,6,7);1H2;/q;;;;;+2/p-2. The van der Waals surface area contributed by atoms with Crippen molar-refractivity contribution in [2.24, 2.45) is 0 Å². The zero-order valence-corrected chi connectivity index (χ0v) is 47.0. The topological polar surface area (TPSA) is 170 Å². The fraction of sp³-hybridized carbons (Fsp3) is 0.196. The average Bonchev–Trinajstić information content (AvgIpc) is 3.25. The van der Waals surface area contributed by atoms with E-state index in [0.717, 1.165) is 0 Å². The Hall–Kier alpha value is -5.35. The number of hydrogen-bond donors (Lipinski definition) is 0. The minimum Gasteiger partial charge on any atom is -0.741 e. The SMILES string of the molecule is CC#N.Cc1cc(C)cc(P(c2cc(C)cc(C)c2)c2ccc3ccccc3c2-c2c(P(c3cc(C)cc(C)c3)c3cc(C)cc(C)c3)ccc3ccccc23)c1.O.O=S(=O)([O-])C(F)(F)F.O=S(=O)([O-])C(F)(F)F.[Pd+2]. The molecule has 2 N–H and O–H groups in total. The average molecular weight is 1200 g/mol. The van der Waals surface area contributed by atoms with Crippen molar-refractivity contribution in [3.63, 3.8) is 0 Å². The molecule has 0 saturated carbocycles. The number of nitriles is 1. The van der Waals surface area contributed by atoms with Gasteiger partial charge < -0.3 is 14.6 Å². The Bertz CT molecular complexity index is 3190. The van der Waals surface area contributed by atoms with Crippen LogP contribution < -0.4 is 31.8 Å². The van der Waals surface area contributed by atoms with Gasteiger partial charge in [0.25, 0.3) is 0 Å². The summed E-state index contributed by atoms with van der Waals surface area (Å²) in [5, 5.41) is 20.9. The second-order valence-electron chi connectivity index (χ2n) is 17.4. The van der Waals surface area contributed by atoms with Crippen molar-refractivity contribution in [2.75, 3.05) is 0 Å². The minimum atomic E-state index is -6.09. The van der Waals surface area contributed by atoms with E-state index in [0.29, 0.717) is 0 Å². The number of aryl methyl sites for hydroxylation is 8. The second kappa shape index (κ2) is 26.1. The molecule has 75 heavy (non-hydrogen) atoms. The van der Waals surface area contributed by atoms with E-state index >= 15 is 0 Å². The maximum Gasteiger partial charge on any atom is 2.00 e. The smallest absolute Gasteiger partial charge is 0.741 e.